The van der Waals surface area contributed by atoms with Crippen LogP contribution < -0.4 is 5.32 Å². The van der Waals surface area contributed by atoms with Crippen molar-refractivity contribution in [2.45, 2.75) is 32.4 Å². The summed E-state index contributed by atoms with van der Waals surface area (Å²) in [5, 5.41) is 12.8. The molecule has 4 nitrogen and oxygen atoms in total. The molecule has 1 heterocycles. The number of rotatable bonds is 5. The smallest absolute Gasteiger partial charge is 0.159 e. The van der Waals surface area contributed by atoms with Gasteiger partial charge in [0.15, 0.2) is 5.78 Å². The zero-order chi connectivity index (χ0) is 17.6. The number of likely N-dealkylation sites (tertiary alicyclic amines) is 1. The summed E-state index contributed by atoms with van der Waals surface area (Å²) < 4.78 is 0. The maximum atomic E-state index is 11.6. The van der Waals surface area contributed by atoms with Crippen molar-refractivity contribution in [1.82, 2.24) is 4.90 Å². The van der Waals surface area contributed by atoms with Gasteiger partial charge in [0.2, 0.25) is 0 Å². The molecule has 1 atom stereocenters. The van der Waals surface area contributed by atoms with Crippen molar-refractivity contribution >= 4 is 11.5 Å². The summed E-state index contributed by atoms with van der Waals surface area (Å²) in [6.45, 7) is 4.51. The van der Waals surface area contributed by atoms with Gasteiger partial charge in [-0.25, -0.2) is 0 Å². The molecular formula is C21H23N3O. The second kappa shape index (κ2) is 7.96. The Morgan fingerprint density at radius 3 is 2.80 bits per heavy atom. The van der Waals surface area contributed by atoms with Gasteiger partial charge in [-0.3, -0.25) is 9.69 Å². The molecule has 25 heavy (non-hydrogen) atoms. The van der Waals surface area contributed by atoms with E-state index in [0.717, 1.165) is 38.2 Å². The first-order chi connectivity index (χ1) is 12.2. The van der Waals surface area contributed by atoms with E-state index in [2.05, 4.69) is 40.6 Å². The van der Waals surface area contributed by atoms with Crippen LogP contribution >= 0.6 is 0 Å². The van der Waals surface area contributed by atoms with Gasteiger partial charge in [-0.1, -0.05) is 30.3 Å². The highest BCUT2D eigenvalue weighted by Crippen LogP contribution is 2.22. The van der Waals surface area contributed by atoms with E-state index in [1.807, 2.05) is 6.07 Å². The molecule has 2 aromatic rings. The van der Waals surface area contributed by atoms with Crippen LogP contribution in [0.25, 0.3) is 0 Å². The van der Waals surface area contributed by atoms with E-state index in [1.54, 1.807) is 25.1 Å². The molecule has 0 radical (unpaired) electrons. The molecule has 0 aromatic heterocycles. The normalized spacial score (nSPS) is 17.7. The van der Waals surface area contributed by atoms with Crippen LogP contribution in [0.4, 0.5) is 5.69 Å². The minimum atomic E-state index is 0.0156. The van der Waals surface area contributed by atoms with Gasteiger partial charge < -0.3 is 5.32 Å². The summed E-state index contributed by atoms with van der Waals surface area (Å²) >= 11 is 0. The minimum Gasteiger partial charge on any atom is -0.380 e. The summed E-state index contributed by atoms with van der Waals surface area (Å²) in [4.78, 5) is 14.1. The number of anilines is 1. The Morgan fingerprint density at radius 1 is 1.28 bits per heavy atom. The number of benzene rings is 2. The highest BCUT2D eigenvalue weighted by molar-refractivity contribution is 5.95. The molecule has 1 N–H and O–H groups in total. The summed E-state index contributed by atoms with van der Waals surface area (Å²) in [6.07, 6.45) is 2.19. The molecule has 1 aliphatic rings. The Hall–Kier alpha value is -2.64. The fraction of sp³-hybridized carbons (Fsp3) is 0.333. The lowest BCUT2D eigenvalue weighted by Gasteiger charge is -2.34. The lowest BCUT2D eigenvalue weighted by atomic mass is 10.0. The number of nitriles is 1. The van der Waals surface area contributed by atoms with E-state index in [9.17, 15) is 10.1 Å². The summed E-state index contributed by atoms with van der Waals surface area (Å²) in [6, 6.07) is 18.2. The fourth-order valence-electron chi connectivity index (χ4n) is 3.36. The summed E-state index contributed by atoms with van der Waals surface area (Å²) in [5.41, 5.74) is 3.31. The number of hydrogen-bond acceptors (Lipinski definition) is 4. The lowest BCUT2D eigenvalue weighted by Crippen LogP contribution is -2.41. The number of piperidine rings is 1. The zero-order valence-corrected chi connectivity index (χ0v) is 14.5. The van der Waals surface area contributed by atoms with E-state index >= 15 is 0 Å². The Labute approximate surface area is 149 Å². The predicted octanol–water partition coefficient (Wildman–Crippen LogP) is 3.84. The van der Waals surface area contributed by atoms with E-state index in [-0.39, 0.29) is 11.8 Å². The highest BCUT2D eigenvalue weighted by atomic mass is 16.1. The van der Waals surface area contributed by atoms with Gasteiger partial charge in [-0.2, -0.15) is 5.26 Å². The Balaban J connectivity index is 1.69. The van der Waals surface area contributed by atoms with E-state index in [0.29, 0.717) is 11.1 Å². The third-order valence-corrected chi connectivity index (χ3v) is 4.66. The number of nitrogens with one attached hydrogen (secondary N) is 1. The third-order valence-electron chi connectivity index (χ3n) is 4.66. The van der Waals surface area contributed by atoms with Crippen molar-refractivity contribution in [3.63, 3.8) is 0 Å². The number of ketones is 1. The van der Waals surface area contributed by atoms with Gasteiger partial charge in [0, 0.05) is 24.7 Å². The van der Waals surface area contributed by atoms with Crippen LogP contribution in [-0.4, -0.2) is 29.8 Å². The van der Waals surface area contributed by atoms with Crippen LogP contribution in [0.5, 0.6) is 0 Å². The molecule has 0 saturated carbocycles. The Kier molecular flexibility index (Phi) is 5.47. The molecule has 1 saturated heterocycles. The molecule has 1 fully saturated rings. The van der Waals surface area contributed by atoms with Crippen molar-refractivity contribution in [1.29, 1.82) is 5.26 Å². The average molecular weight is 333 g/mol. The Bertz CT molecular complexity index is 779. The molecule has 128 valence electrons. The first kappa shape index (κ1) is 17.2. The fourth-order valence-corrected chi connectivity index (χ4v) is 3.36. The molecule has 0 bridgehead atoms. The van der Waals surface area contributed by atoms with Crippen molar-refractivity contribution in [3.05, 3.63) is 65.2 Å². The van der Waals surface area contributed by atoms with Crippen LogP contribution in [0.1, 0.15) is 41.3 Å². The third kappa shape index (κ3) is 4.46. The van der Waals surface area contributed by atoms with Crippen molar-refractivity contribution in [3.8, 4) is 6.07 Å². The van der Waals surface area contributed by atoms with E-state index < -0.39 is 0 Å². The number of carbonyl (C=O) groups is 1. The van der Waals surface area contributed by atoms with Gasteiger partial charge in [-0.15, -0.1) is 0 Å². The van der Waals surface area contributed by atoms with Crippen LogP contribution in [0.2, 0.25) is 0 Å². The second-order valence-electron chi connectivity index (χ2n) is 6.63. The number of carbonyl (C=O) groups excluding carboxylic acids is 1. The molecule has 1 aliphatic heterocycles. The number of hydrogen-bond donors (Lipinski definition) is 1. The van der Waals surface area contributed by atoms with E-state index in [1.165, 1.54) is 5.56 Å². The first-order valence-electron chi connectivity index (χ1n) is 8.73. The van der Waals surface area contributed by atoms with Crippen molar-refractivity contribution in [2.75, 3.05) is 18.4 Å². The molecule has 0 spiro atoms. The molecular weight excluding hydrogens is 310 g/mol. The number of nitrogens with zero attached hydrogens (tertiary/aromatic N) is 2. The molecule has 3 rings (SSSR count). The van der Waals surface area contributed by atoms with Crippen molar-refractivity contribution in [2.24, 2.45) is 0 Å². The molecule has 0 amide bonds. The zero-order valence-electron chi connectivity index (χ0n) is 14.5. The average Bonchev–Trinajstić information content (AvgIpc) is 2.63. The minimum absolute atomic E-state index is 0.0156. The highest BCUT2D eigenvalue weighted by Gasteiger charge is 2.21. The lowest BCUT2D eigenvalue weighted by molar-refractivity contribution is 0.101. The van der Waals surface area contributed by atoms with Crippen LogP contribution in [-0.2, 0) is 6.54 Å². The molecule has 2 aromatic carbocycles. The van der Waals surface area contributed by atoms with Gasteiger partial charge in [-0.05, 0) is 50.1 Å². The molecule has 4 heteroatoms. The maximum Gasteiger partial charge on any atom is 0.159 e. The quantitative estimate of drug-likeness (QED) is 0.845. The summed E-state index contributed by atoms with van der Waals surface area (Å²) in [5.74, 6) is 0.0156. The topological polar surface area (TPSA) is 56.1 Å². The van der Waals surface area contributed by atoms with Crippen molar-refractivity contribution < 1.29 is 4.79 Å². The van der Waals surface area contributed by atoms with E-state index in [4.69, 9.17) is 0 Å². The standard InChI is InChI=1S/C21H23N3O/c1-16(25)18-9-10-19(13-22)21(12-18)23-20-8-5-11-24(15-20)14-17-6-3-2-4-7-17/h2-4,6-7,9-10,12,20,23H,5,8,11,14-15H2,1H3. The van der Waals surface area contributed by atoms with Crippen LogP contribution in [0.3, 0.4) is 0 Å². The van der Waals surface area contributed by atoms with Crippen LogP contribution in [0, 0.1) is 11.3 Å². The Morgan fingerprint density at radius 2 is 2.08 bits per heavy atom. The van der Waals surface area contributed by atoms with Gasteiger partial charge in [0.05, 0.1) is 11.3 Å². The van der Waals surface area contributed by atoms with Gasteiger partial charge in [0.1, 0.15) is 6.07 Å². The monoisotopic (exact) mass is 333 g/mol. The second-order valence-corrected chi connectivity index (χ2v) is 6.63. The van der Waals surface area contributed by atoms with Gasteiger partial charge >= 0.3 is 0 Å². The van der Waals surface area contributed by atoms with Gasteiger partial charge in [0.25, 0.3) is 0 Å². The predicted molar refractivity (Wildman–Crippen MR) is 99.5 cm³/mol. The maximum absolute atomic E-state index is 11.6. The molecule has 0 aliphatic carbocycles. The van der Waals surface area contributed by atoms with Crippen LogP contribution in [0.15, 0.2) is 48.5 Å². The summed E-state index contributed by atoms with van der Waals surface area (Å²) in [7, 11) is 0. The SMILES string of the molecule is CC(=O)c1ccc(C#N)c(NC2CCCN(Cc3ccccc3)C2)c1. The first-order valence-corrected chi connectivity index (χ1v) is 8.73. The number of Topliss-reactive ketones (excluding diaryl/α,β-unsaturated/α-hetero) is 1. The largest absolute Gasteiger partial charge is 0.380 e. The molecule has 1 unspecified atom stereocenters.